The van der Waals surface area contributed by atoms with Gasteiger partial charge in [-0.05, 0) is 36.3 Å². The first-order valence-electron chi connectivity index (χ1n) is 12.2. The molecule has 186 valence electrons. The number of imidazole rings is 1. The van der Waals surface area contributed by atoms with Gasteiger partial charge >= 0.3 is 0 Å². The Morgan fingerprint density at radius 1 is 0.971 bits per heavy atom. The number of carbonyl (C=O) groups excluding carboxylic acids is 2. The minimum absolute atomic E-state index is 0. The van der Waals surface area contributed by atoms with Gasteiger partial charge in [0.25, 0.3) is 5.82 Å². The third-order valence-corrected chi connectivity index (χ3v) is 7.60. The lowest BCUT2D eigenvalue weighted by atomic mass is 9.64. The number of hydrogen-bond acceptors (Lipinski definition) is 2. The third-order valence-electron chi connectivity index (χ3n) is 7.60. The number of primary amides is 1. The average Bonchev–Trinajstić information content (AvgIpc) is 3.42. The second-order valence-electron chi connectivity index (χ2n) is 10.6. The molecular formula is C29H36BrN3O2. The summed E-state index contributed by atoms with van der Waals surface area (Å²) in [5, 5.41) is 0. The number of Topliss-reactive ketones (excluding diaryl/α,β-unsaturated/α-hetero) is 1. The SMILES string of the molecule is Cc1n(C2CCC(C(C(N)=O)(c3ccccc3)c3ccccc3)C2)cc[n+]1CC(=O)C(C)(C)C.[Br-]. The maximum Gasteiger partial charge on any atom is 0.253 e. The first-order chi connectivity index (χ1) is 16.2. The second-order valence-corrected chi connectivity index (χ2v) is 10.6. The normalized spacial score (nSPS) is 18.2. The molecule has 5 nitrogen and oxygen atoms in total. The molecule has 1 amide bonds. The van der Waals surface area contributed by atoms with E-state index in [1.807, 2.05) is 92.2 Å². The molecule has 2 unspecified atom stereocenters. The summed E-state index contributed by atoms with van der Waals surface area (Å²) < 4.78 is 4.31. The molecule has 35 heavy (non-hydrogen) atoms. The number of ketones is 1. The van der Waals surface area contributed by atoms with Crippen molar-refractivity contribution in [1.29, 1.82) is 0 Å². The average molecular weight is 539 g/mol. The molecule has 0 bridgehead atoms. The minimum atomic E-state index is -0.878. The number of carbonyl (C=O) groups is 2. The predicted octanol–water partition coefficient (Wildman–Crippen LogP) is 1.52. The molecule has 1 aromatic heterocycles. The van der Waals surface area contributed by atoms with E-state index in [1.165, 1.54) is 0 Å². The van der Waals surface area contributed by atoms with Crippen LogP contribution in [0.4, 0.5) is 0 Å². The van der Waals surface area contributed by atoms with Gasteiger partial charge in [0.2, 0.25) is 5.91 Å². The number of aromatic nitrogens is 2. The monoisotopic (exact) mass is 537 g/mol. The fraction of sp³-hybridized carbons (Fsp3) is 0.414. The van der Waals surface area contributed by atoms with Crippen LogP contribution in [0.25, 0.3) is 0 Å². The molecule has 2 aromatic carbocycles. The standard InChI is InChI=1S/C29H35N3O2.BrH/c1-21-31(20-26(33)28(2,3)4)17-18-32(21)25-16-15-24(19-25)29(27(30)34,22-11-7-5-8-12-22)23-13-9-6-10-14-23;/h5-14,17-18,24-25H,15-16,19-20H2,1-4H3,(H-,30,34);1H. The summed E-state index contributed by atoms with van der Waals surface area (Å²) in [5.74, 6) is 1.05. The van der Waals surface area contributed by atoms with Crippen molar-refractivity contribution in [3.8, 4) is 0 Å². The Balaban J connectivity index is 0.00000342. The van der Waals surface area contributed by atoms with Crippen molar-refractivity contribution in [3.63, 3.8) is 0 Å². The summed E-state index contributed by atoms with van der Waals surface area (Å²) in [7, 11) is 0. The van der Waals surface area contributed by atoms with Gasteiger partial charge in [-0.15, -0.1) is 0 Å². The predicted molar refractivity (Wildman–Crippen MR) is 133 cm³/mol. The molecular weight excluding hydrogens is 502 g/mol. The zero-order chi connectivity index (χ0) is 24.5. The van der Waals surface area contributed by atoms with Crippen molar-refractivity contribution >= 4 is 11.7 Å². The number of halogens is 1. The number of hydrogen-bond donors (Lipinski definition) is 1. The summed E-state index contributed by atoms with van der Waals surface area (Å²) >= 11 is 0. The van der Waals surface area contributed by atoms with E-state index < -0.39 is 5.41 Å². The van der Waals surface area contributed by atoms with Gasteiger partial charge in [0, 0.05) is 12.3 Å². The largest absolute Gasteiger partial charge is 1.00 e. The Kier molecular flexibility index (Phi) is 8.05. The molecule has 2 atom stereocenters. The Labute approximate surface area is 219 Å². The van der Waals surface area contributed by atoms with Gasteiger partial charge in [-0.3, -0.25) is 9.59 Å². The molecule has 6 heteroatoms. The van der Waals surface area contributed by atoms with Gasteiger partial charge in [0.15, 0.2) is 5.78 Å². The van der Waals surface area contributed by atoms with E-state index in [-0.39, 0.29) is 46.0 Å². The molecule has 2 N–H and O–H groups in total. The Morgan fingerprint density at radius 3 is 2.00 bits per heavy atom. The highest BCUT2D eigenvalue weighted by Crippen LogP contribution is 2.49. The summed E-state index contributed by atoms with van der Waals surface area (Å²) in [5.41, 5.74) is 6.90. The van der Waals surface area contributed by atoms with E-state index in [1.54, 1.807) is 0 Å². The van der Waals surface area contributed by atoms with Crippen LogP contribution < -0.4 is 27.3 Å². The fourth-order valence-electron chi connectivity index (χ4n) is 5.59. The quantitative estimate of drug-likeness (QED) is 0.464. The van der Waals surface area contributed by atoms with Crippen molar-refractivity contribution in [2.45, 2.75) is 65.0 Å². The second kappa shape index (κ2) is 10.5. The fourth-order valence-corrected chi connectivity index (χ4v) is 5.59. The molecule has 0 saturated heterocycles. The van der Waals surface area contributed by atoms with Gasteiger partial charge in [-0.1, -0.05) is 81.4 Å². The first-order valence-corrected chi connectivity index (χ1v) is 12.2. The number of benzene rings is 2. The maximum atomic E-state index is 13.3. The molecule has 0 aliphatic heterocycles. The molecule has 1 aliphatic carbocycles. The van der Waals surface area contributed by atoms with Crippen molar-refractivity contribution < 1.29 is 31.1 Å². The molecule has 1 heterocycles. The van der Waals surface area contributed by atoms with Gasteiger partial charge in [-0.25, -0.2) is 9.13 Å². The number of nitrogens with two attached hydrogens (primary N) is 1. The zero-order valence-electron chi connectivity index (χ0n) is 21.1. The van der Waals surface area contributed by atoms with Crippen LogP contribution in [-0.2, 0) is 21.5 Å². The Hall–Kier alpha value is -2.73. The van der Waals surface area contributed by atoms with E-state index >= 15 is 0 Å². The van der Waals surface area contributed by atoms with Crippen molar-refractivity contribution in [2.75, 3.05) is 0 Å². The van der Waals surface area contributed by atoms with Crippen molar-refractivity contribution in [3.05, 3.63) is 90.0 Å². The van der Waals surface area contributed by atoms with Crippen LogP contribution in [-0.4, -0.2) is 16.3 Å². The highest BCUT2D eigenvalue weighted by molar-refractivity contribution is 5.91. The summed E-state index contributed by atoms with van der Waals surface area (Å²) in [6.45, 7) is 8.32. The van der Waals surface area contributed by atoms with Gasteiger partial charge in [0.05, 0.1) is 0 Å². The highest BCUT2D eigenvalue weighted by atomic mass is 79.9. The van der Waals surface area contributed by atoms with Crippen LogP contribution in [0.3, 0.4) is 0 Å². The molecule has 1 aliphatic rings. The van der Waals surface area contributed by atoms with Crippen LogP contribution >= 0.6 is 0 Å². The topological polar surface area (TPSA) is 69.0 Å². The summed E-state index contributed by atoms with van der Waals surface area (Å²) in [6, 6.07) is 20.2. The third kappa shape index (κ3) is 4.99. The molecule has 1 saturated carbocycles. The number of amides is 1. The lowest BCUT2D eigenvalue weighted by Crippen LogP contribution is -3.00. The highest BCUT2D eigenvalue weighted by Gasteiger charge is 2.51. The van der Waals surface area contributed by atoms with Crippen LogP contribution in [0.2, 0.25) is 0 Å². The van der Waals surface area contributed by atoms with Crippen LogP contribution in [0.15, 0.2) is 73.1 Å². The molecule has 0 radical (unpaired) electrons. The molecule has 3 aromatic rings. The lowest BCUT2D eigenvalue weighted by molar-refractivity contribution is -0.690. The summed E-state index contributed by atoms with van der Waals surface area (Å²) in [6.07, 6.45) is 6.78. The zero-order valence-corrected chi connectivity index (χ0v) is 22.7. The van der Waals surface area contributed by atoms with Crippen LogP contribution in [0.1, 0.15) is 63.0 Å². The molecule has 4 rings (SSSR count). The van der Waals surface area contributed by atoms with Crippen molar-refractivity contribution in [1.82, 2.24) is 4.57 Å². The maximum absolute atomic E-state index is 13.3. The Bertz CT molecular complexity index is 1130. The van der Waals surface area contributed by atoms with E-state index in [0.717, 1.165) is 36.2 Å². The minimum Gasteiger partial charge on any atom is -1.00 e. The van der Waals surface area contributed by atoms with Gasteiger partial charge < -0.3 is 22.7 Å². The van der Waals surface area contributed by atoms with E-state index in [2.05, 4.69) is 17.7 Å². The molecule has 0 spiro atoms. The van der Waals surface area contributed by atoms with E-state index in [9.17, 15) is 9.59 Å². The van der Waals surface area contributed by atoms with Gasteiger partial charge in [-0.2, -0.15) is 0 Å². The summed E-state index contributed by atoms with van der Waals surface area (Å²) in [4.78, 5) is 25.9. The van der Waals surface area contributed by atoms with Crippen LogP contribution in [0, 0.1) is 18.3 Å². The smallest absolute Gasteiger partial charge is 0.253 e. The number of nitrogens with zero attached hydrogens (tertiary/aromatic N) is 2. The van der Waals surface area contributed by atoms with Gasteiger partial charge in [0.1, 0.15) is 30.4 Å². The van der Waals surface area contributed by atoms with E-state index in [0.29, 0.717) is 6.54 Å². The van der Waals surface area contributed by atoms with E-state index in [4.69, 9.17) is 5.73 Å². The lowest BCUT2D eigenvalue weighted by Gasteiger charge is -2.37. The van der Waals surface area contributed by atoms with Crippen LogP contribution in [0.5, 0.6) is 0 Å². The van der Waals surface area contributed by atoms with Crippen molar-refractivity contribution in [2.24, 2.45) is 17.1 Å². The number of rotatable bonds is 7. The Morgan fingerprint density at radius 2 is 1.51 bits per heavy atom. The molecule has 1 fully saturated rings. The first kappa shape index (κ1) is 26.9.